The van der Waals surface area contributed by atoms with Gasteiger partial charge in [0.1, 0.15) is 11.3 Å². The Morgan fingerprint density at radius 1 is 0.867 bits per heavy atom. The second-order valence-electron chi connectivity index (χ2n) is 7.07. The molecular weight excluding hydrogens is 402 g/mol. The van der Waals surface area contributed by atoms with Crippen molar-refractivity contribution in [2.45, 2.75) is 49.8 Å². The molecule has 2 aromatic carbocycles. The highest BCUT2D eigenvalue weighted by molar-refractivity contribution is 7.89. The van der Waals surface area contributed by atoms with Crippen molar-refractivity contribution in [2.75, 3.05) is 20.8 Å². The Bertz CT molecular complexity index is 897. The number of rotatable bonds is 13. The number of hydrogen-bond acceptors (Lipinski definition) is 5. The second kappa shape index (κ2) is 12.3. The van der Waals surface area contributed by atoms with E-state index in [2.05, 4.69) is 4.72 Å². The normalized spacial score (nSPS) is 11.3. The molecule has 0 heterocycles. The monoisotopic (exact) mass is 433 g/mol. The smallest absolute Gasteiger partial charge is 0.341 e. The van der Waals surface area contributed by atoms with Crippen LogP contribution in [0.2, 0.25) is 0 Å². The maximum atomic E-state index is 12.1. The SMILES string of the molecule is COC(=O)c1c(CCCCCCCCNS(=O)(=O)c2ccccc2)cccc1OC. The first kappa shape index (κ1) is 23.9. The maximum Gasteiger partial charge on any atom is 0.341 e. The van der Waals surface area contributed by atoms with E-state index in [0.29, 0.717) is 22.8 Å². The minimum absolute atomic E-state index is 0.300. The Morgan fingerprint density at radius 3 is 2.20 bits per heavy atom. The molecule has 0 aliphatic carbocycles. The lowest BCUT2D eigenvalue weighted by Crippen LogP contribution is -2.24. The number of hydrogen-bond donors (Lipinski definition) is 1. The van der Waals surface area contributed by atoms with Gasteiger partial charge in [0.25, 0.3) is 0 Å². The minimum Gasteiger partial charge on any atom is -0.496 e. The third-order valence-corrected chi connectivity index (χ3v) is 6.42. The van der Waals surface area contributed by atoms with Crippen LogP contribution in [0.1, 0.15) is 54.4 Å². The summed E-state index contributed by atoms with van der Waals surface area (Å²) >= 11 is 0. The lowest BCUT2D eigenvalue weighted by atomic mass is 9.99. The molecule has 2 aromatic rings. The Kier molecular flexibility index (Phi) is 9.83. The Hall–Kier alpha value is -2.38. The third-order valence-electron chi connectivity index (χ3n) is 4.94. The van der Waals surface area contributed by atoms with Gasteiger partial charge in [-0.25, -0.2) is 17.9 Å². The van der Waals surface area contributed by atoms with E-state index in [0.717, 1.165) is 50.5 Å². The lowest BCUT2D eigenvalue weighted by molar-refractivity contribution is 0.0595. The zero-order valence-corrected chi connectivity index (χ0v) is 18.5. The number of aryl methyl sites for hydroxylation is 1. The summed E-state index contributed by atoms with van der Waals surface area (Å²) < 4.78 is 37.1. The number of carbonyl (C=O) groups is 1. The highest BCUT2D eigenvalue weighted by Gasteiger charge is 2.17. The van der Waals surface area contributed by atoms with E-state index in [1.807, 2.05) is 12.1 Å². The molecule has 0 saturated heterocycles. The molecule has 0 saturated carbocycles. The van der Waals surface area contributed by atoms with Gasteiger partial charge in [-0.1, -0.05) is 56.0 Å². The molecule has 0 unspecified atom stereocenters. The Labute approximate surface area is 179 Å². The van der Waals surface area contributed by atoms with E-state index in [4.69, 9.17) is 9.47 Å². The molecule has 0 aliphatic heterocycles. The molecule has 0 spiro atoms. The predicted octanol–water partition coefficient (Wildman–Crippen LogP) is 4.34. The number of unbranched alkanes of at least 4 members (excludes halogenated alkanes) is 5. The number of nitrogens with one attached hydrogen (secondary N) is 1. The summed E-state index contributed by atoms with van der Waals surface area (Å²) in [6, 6.07) is 14.0. The van der Waals surface area contributed by atoms with Crippen LogP contribution in [0.4, 0.5) is 0 Å². The quantitative estimate of drug-likeness (QED) is 0.375. The molecule has 7 heteroatoms. The molecule has 30 heavy (non-hydrogen) atoms. The van der Waals surface area contributed by atoms with Crippen molar-refractivity contribution < 1.29 is 22.7 Å². The zero-order valence-electron chi connectivity index (χ0n) is 17.7. The fourth-order valence-corrected chi connectivity index (χ4v) is 4.42. The topological polar surface area (TPSA) is 81.7 Å². The standard InChI is InChI=1S/C23H31NO5S/c1-28-21-17-12-14-19(22(21)23(25)29-2)13-8-5-3-4-6-11-18-24-30(26,27)20-15-9-7-10-16-20/h7,9-10,12,14-17,24H,3-6,8,11,13,18H2,1-2H3. The van der Waals surface area contributed by atoms with E-state index in [1.54, 1.807) is 43.5 Å². The summed E-state index contributed by atoms with van der Waals surface area (Å²) in [7, 11) is -0.489. The van der Waals surface area contributed by atoms with Crippen molar-refractivity contribution in [1.29, 1.82) is 0 Å². The van der Waals surface area contributed by atoms with Gasteiger partial charge in [-0.05, 0) is 43.0 Å². The summed E-state index contributed by atoms with van der Waals surface area (Å²) in [6.45, 7) is 0.448. The molecule has 0 radical (unpaired) electrons. The summed E-state index contributed by atoms with van der Waals surface area (Å²) in [6.07, 6.45) is 6.72. The van der Waals surface area contributed by atoms with Crippen LogP contribution in [-0.2, 0) is 21.2 Å². The number of ether oxygens (including phenoxy) is 2. The van der Waals surface area contributed by atoms with Crippen molar-refractivity contribution in [2.24, 2.45) is 0 Å². The minimum atomic E-state index is -3.41. The van der Waals surface area contributed by atoms with E-state index in [-0.39, 0.29) is 5.97 Å². The van der Waals surface area contributed by atoms with Crippen LogP contribution in [-0.4, -0.2) is 35.2 Å². The van der Waals surface area contributed by atoms with Crippen molar-refractivity contribution in [3.8, 4) is 5.75 Å². The van der Waals surface area contributed by atoms with Crippen LogP contribution in [0.3, 0.4) is 0 Å². The molecule has 0 amide bonds. The first-order chi connectivity index (χ1) is 14.5. The lowest BCUT2D eigenvalue weighted by Gasteiger charge is -2.12. The van der Waals surface area contributed by atoms with Gasteiger partial charge in [0.2, 0.25) is 10.0 Å². The fourth-order valence-electron chi connectivity index (χ4n) is 3.33. The van der Waals surface area contributed by atoms with Crippen molar-refractivity contribution >= 4 is 16.0 Å². The molecule has 0 aromatic heterocycles. The average Bonchev–Trinajstić information content (AvgIpc) is 2.77. The third kappa shape index (κ3) is 7.15. The number of sulfonamides is 1. The number of esters is 1. The summed E-state index contributed by atoms with van der Waals surface area (Å²) in [5.74, 6) is 0.165. The van der Waals surface area contributed by atoms with Gasteiger partial charge >= 0.3 is 5.97 Å². The summed E-state index contributed by atoms with van der Waals surface area (Å²) in [5, 5.41) is 0. The number of methoxy groups -OCH3 is 2. The zero-order chi connectivity index (χ0) is 21.8. The van der Waals surface area contributed by atoms with Crippen molar-refractivity contribution in [3.05, 3.63) is 59.7 Å². The van der Waals surface area contributed by atoms with Crippen LogP contribution < -0.4 is 9.46 Å². The molecule has 6 nitrogen and oxygen atoms in total. The van der Waals surface area contributed by atoms with Gasteiger partial charge in [-0.3, -0.25) is 0 Å². The van der Waals surface area contributed by atoms with Gasteiger partial charge in [-0.2, -0.15) is 0 Å². The molecule has 0 bridgehead atoms. The molecule has 1 N–H and O–H groups in total. The predicted molar refractivity (Wildman–Crippen MR) is 117 cm³/mol. The van der Waals surface area contributed by atoms with E-state index < -0.39 is 10.0 Å². The summed E-state index contributed by atoms with van der Waals surface area (Å²) in [4.78, 5) is 12.4. The largest absolute Gasteiger partial charge is 0.496 e. The second-order valence-corrected chi connectivity index (χ2v) is 8.84. The van der Waals surface area contributed by atoms with Crippen LogP contribution in [0.15, 0.2) is 53.4 Å². The van der Waals surface area contributed by atoms with Gasteiger partial charge in [0.05, 0.1) is 19.1 Å². The number of benzene rings is 2. The van der Waals surface area contributed by atoms with Crippen LogP contribution in [0.5, 0.6) is 5.75 Å². The van der Waals surface area contributed by atoms with Crippen LogP contribution in [0, 0.1) is 0 Å². The molecular formula is C23H31NO5S. The number of carbonyl (C=O) groups excluding carboxylic acids is 1. The van der Waals surface area contributed by atoms with Gasteiger partial charge in [0.15, 0.2) is 0 Å². The van der Waals surface area contributed by atoms with Gasteiger partial charge in [-0.15, -0.1) is 0 Å². The molecule has 164 valence electrons. The maximum absolute atomic E-state index is 12.1. The van der Waals surface area contributed by atoms with Crippen LogP contribution >= 0.6 is 0 Å². The van der Waals surface area contributed by atoms with Crippen molar-refractivity contribution in [1.82, 2.24) is 4.72 Å². The molecule has 0 aliphatic rings. The highest BCUT2D eigenvalue weighted by atomic mass is 32.2. The summed E-state index contributed by atoms with van der Waals surface area (Å²) in [5.41, 5.74) is 1.45. The fraction of sp³-hybridized carbons (Fsp3) is 0.435. The van der Waals surface area contributed by atoms with Crippen LogP contribution in [0.25, 0.3) is 0 Å². The molecule has 0 atom stereocenters. The van der Waals surface area contributed by atoms with Crippen molar-refractivity contribution in [3.63, 3.8) is 0 Å². The van der Waals surface area contributed by atoms with E-state index in [1.165, 1.54) is 7.11 Å². The van der Waals surface area contributed by atoms with Gasteiger partial charge < -0.3 is 9.47 Å². The first-order valence-corrected chi connectivity index (χ1v) is 11.8. The van der Waals surface area contributed by atoms with E-state index in [9.17, 15) is 13.2 Å². The van der Waals surface area contributed by atoms with E-state index >= 15 is 0 Å². The highest BCUT2D eigenvalue weighted by Crippen LogP contribution is 2.25. The molecule has 0 fully saturated rings. The Morgan fingerprint density at radius 2 is 1.53 bits per heavy atom. The Balaban J connectivity index is 1.65. The average molecular weight is 434 g/mol. The molecule has 2 rings (SSSR count). The van der Waals surface area contributed by atoms with Gasteiger partial charge in [0, 0.05) is 6.54 Å². The first-order valence-electron chi connectivity index (χ1n) is 10.3.